The number of urea groups is 1. The Kier molecular flexibility index (Phi) is 5.54. The summed E-state index contributed by atoms with van der Waals surface area (Å²) in [5.41, 5.74) is 0.932. The van der Waals surface area contributed by atoms with Gasteiger partial charge in [-0.25, -0.2) is 4.79 Å². The van der Waals surface area contributed by atoms with E-state index < -0.39 is 0 Å². The van der Waals surface area contributed by atoms with Gasteiger partial charge in [0.15, 0.2) is 0 Å². The molecule has 7 heteroatoms. The maximum absolute atomic E-state index is 13.0. The number of carbonyl (C=O) groups is 2. The van der Waals surface area contributed by atoms with Crippen LogP contribution in [0, 0.1) is 5.92 Å². The molecule has 0 unspecified atom stereocenters. The molecule has 3 rings (SSSR count). The fraction of sp³-hybridized carbons (Fsp3) is 0.579. The zero-order chi connectivity index (χ0) is 18.7. The minimum atomic E-state index is -0.231. The van der Waals surface area contributed by atoms with Gasteiger partial charge in [0, 0.05) is 30.8 Å². The van der Waals surface area contributed by atoms with Crippen molar-refractivity contribution in [2.45, 2.75) is 31.8 Å². The summed E-state index contributed by atoms with van der Waals surface area (Å²) in [5, 5.41) is 0. The van der Waals surface area contributed by atoms with Crippen LogP contribution in [0.15, 0.2) is 18.2 Å². The number of amides is 2. The summed E-state index contributed by atoms with van der Waals surface area (Å²) in [5.74, 6) is 0.957. The molecule has 0 N–H and O–H groups in total. The Morgan fingerprint density at radius 1 is 1.15 bits per heavy atom. The van der Waals surface area contributed by atoms with E-state index in [0.29, 0.717) is 31.1 Å². The number of ether oxygens (including phenoxy) is 3. The molecule has 142 valence electrons. The number of benzene rings is 1. The van der Waals surface area contributed by atoms with Gasteiger partial charge in [0.25, 0.3) is 0 Å². The Bertz CT molecular complexity index is 678. The van der Waals surface area contributed by atoms with Crippen molar-refractivity contribution < 1.29 is 23.8 Å². The minimum absolute atomic E-state index is 0.0206. The van der Waals surface area contributed by atoms with E-state index in [1.54, 1.807) is 14.2 Å². The predicted molar refractivity (Wildman–Crippen MR) is 95.2 cm³/mol. The van der Waals surface area contributed by atoms with Gasteiger partial charge in [-0.1, -0.05) is 0 Å². The predicted octanol–water partition coefficient (Wildman–Crippen LogP) is 2.28. The molecule has 2 fully saturated rings. The number of fused-ring (bicyclic) bond motifs is 1. The molecule has 1 aromatic carbocycles. The third kappa shape index (κ3) is 3.57. The van der Waals surface area contributed by atoms with Gasteiger partial charge < -0.3 is 24.0 Å². The monoisotopic (exact) mass is 362 g/mol. The number of rotatable bonds is 5. The zero-order valence-corrected chi connectivity index (χ0v) is 15.6. The summed E-state index contributed by atoms with van der Waals surface area (Å²) in [6.45, 7) is 1.61. The molecule has 2 atom stereocenters. The second-order valence-electron chi connectivity index (χ2n) is 6.77. The van der Waals surface area contributed by atoms with E-state index in [0.717, 1.165) is 24.8 Å². The second-order valence-corrected chi connectivity index (χ2v) is 6.77. The van der Waals surface area contributed by atoms with Crippen molar-refractivity contribution >= 4 is 12.0 Å². The van der Waals surface area contributed by atoms with Crippen molar-refractivity contribution in [2.24, 2.45) is 5.92 Å². The molecular weight excluding hydrogens is 336 g/mol. The first-order chi connectivity index (χ1) is 12.6. The highest BCUT2D eigenvalue weighted by Gasteiger charge is 2.40. The number of hydrogen-bond donors (Lipinski definition) is 0. The first-order valence-corrected chi connectivity index (χ1v) is 8.91. The van der Waals surface area contributed by atoms with Crippen LogP contribution in [0.5, 0.6) is 11.5 Å². The van der Waals surface area contributed by atoms with Crippen LogP contribution in [0.25, 0.3) is 0 Å². The van der Waals surface area contributed by atoms with Gasteiger partial charge in [0.05, 0.1) is 33.8 Å². The summed E-state index contributed by atoms with van der Waals surface area (Å²) < 4.78 is 15.5. The average molecular weight is 362 g/mol. The molecule has 0 radical (unpaired) electrons. The van der Waals surface area contributed by atoms with Gasteiger partial charge >= 0.3 is 12.0 Å². The van der Waals surface area contributed by atoms with E-state index in [9.17, 15) is 9.59 Å². The number of hydrogen-bond acceptors (Lipinski definition) is 5. The fourth-order valence-electron chi connectivity index (χ4n) is 3.84. The van der Waals surface area contributed by atoms with Crippen molar-refractivity contribution in [3.8, 4) is 11.5 Å². The van der Waals surface area contributed by atoms with Crippen molar-refractivity contribution in [3.63, 3.8) is 0 Å². The van der Waals surface area contributed by atoms with Crippen LogP contribution in [0.4, 0.5) is 4.79 Å². The van der Waals surface area contributed by atoms with Crippen LogP contribution in [-0.4, -0.2) is 62.3 Å². The number of piperidine rings is 1. The molecule has 0 bridgehead atoms. The fourth-order valence-corrected chi connectivity index (χ4v) is 3.84. The van der Waals surface area contributed by atoms with Crippen molar-refractivity contribution in [3.05, 3.63) is 23.8 Å². The molecule has 2 heterocycles. The van der Waals surface area contributed by atoms with Crippen LogP contribution in [0.3, 0.4) is 0 Å². The third-order valence-electron chi connectivity index (χ3n) is 5.34. The highest BCUT2D eigenvalue weighted by atomic mass is 16.5. The van der Waals surface area contributed by atoms with Gasteiger partial charge in [-0.3, -0.25) is 4.79 Å². The van der Waals surface area contributed by atoms with Crippen LogP contribution >= 0.6 is 0 Å². The number of nitrogens with zero attached hydrogens (tertiary/aromatic N) is 2. The largest absolute Gasteiger partial charge is 0.497 e. The smallest absolute Gasteiger partial charge is 0.320 e. The average Bonchev–Trinajstić information content (AvgIpc) is 2.69. The summed E-state index contributed by atoms with van der Waals surface area (Å²) >= 11 is 0. The molecule has 0 aromatic heterocycles. The van der Waals surface area contributed by atoms with E-state index in [2.05, 4.69) is 0 Å². The molecule has 2 aliphatic rings. The van der Waals surface area contributed by atoms with Gasteiger partial charge in [0.1, 0.15) is 11.5 Å². The molecule has 0 spiro atoms. The standard InChI is InChI=1S/C19H26N2O5/c1-24-16-7-5-13(17(10-16)25-2)11-20-9-8-15-6-4-14(18(22)26-3)12-21(15)19(20)23/h5,7,10,14-15H,4,6,8-9,11-12H2,1-3H3/t14-,15+/m1/s1. The summed E-state index contributed by atoms with van der Waals surface area (Å²) in [6.07, 6.45) is 2.55. The molecule has 0 aliphatic carbocycles. The number of carbonyl (C=O) groups excluding carboxylic acids is 2. The van der Waals surface area contributed by atoms with E-state index >= 15 is 0 Å². The lowest BCUT2D eigenvalue weighted by atomic mass is 9.90. The van der Waals surface area contributed by atoms with E-state index in [-0.39, 0.29) is 24.0 Å². The zero-order valence-electron chi connectivity index (χ0n) is 15.6. The normalized spacial score (nSPS) is 22.7. The van der Waals surface area contributed by atoms with Crippen molar-refractivity contribution in [1.82, 2.24) is 9.80 Å². The van der Waals surface area contributed by atoms with Gasteiger partial charge in [-0.15, -0.1) is 0 Å². The number of esters is 1. The second kappa shape index (κ2) is 7.85. The first kappa shape index (κ1) is 18.4. The SMILES string of the molecule is COC(=O)[C@@H]1CC[C@H]2CCN(Cc3ccc(OC)cc3OC)C(=O)N2C1. The number of methoxy groups -OCH3 is 3. The summed E-state index contributed by atoms with van der Waals surface area (Å²) in [7, 11) is 4.61. The van der Waals surface area contributed by atoms with Gasteiger partial charge in [0.2, 0.25) is 0 Å². The lowest BCUT2D eigenvalue weighted by Gasteiger charge is -2.45. The Hall–Kier alpha value is -2.44. The molecule has 7 nitrogen and oxygen atoms in total. The van der Waals surface area contributed by atoms with Crippen LogP contribution in [-0.2, 0) is 16.1 Å². The van der Waals surface area contributed by atoms with Crippen molar-refractivity contribution in [2.75, 3.05) is 34.4 Å². The van der Waals surface area contributed by atoms with E-state index in [1.807, 2.05) is 28.0 Å². The van der Waals surface area contributed by atoms with E-state index in [4.69, 9.17) is 14.2 Å². The quantitative estimate of drug-likeness (QED) is 0.752. The lowest BCUT2D eigenvalue weighted by Crippen LogP contribution is -2.58. The summed E-state index contributed by atoms with van der Waals surface area (Å²) in [6, 6.07) is 5.80. The minimum Gasteiger partial charge on any atom is -0.497 e. The summed E-state index contributed by atoms with van der Waals surface area (Å²) in [4.78, 5) is 28.5. The lowest BCUT2D eigenvalue weighted by molar-refractivity contribution is -0.147. The Morgan fingerprint density at radius 2 is 1.96 bits per heavy atom. The highest BCUT2D eigenvalue weighted by molar-refractivity contribution is 5.78. The van der Waals surface area contributed by atoms with Crippen LogP contribution < -0.4 is 9.47 Å². The first-order valence-electron chi connectivity index (χ1n) is 8.91. The van der Waals surface area contributed by atoms with Crippen LogP contribution in [0.1, 0.15) is 24.8 Å². The van der Waals surface area contributed by atoms with Gasteiger partial charge in [-0.05, 0) is 31.4 Å². The molecule has 26 heavy (non-hydrogen) atoms. The molecule has 2 aliphatic heterocycles. The molecular formula is C19H26N2O5. The highest BCUT2D eigenvalue weighted by Crippen LogP contribution is 2.31. The van der Waals surface area contributed by atoms with E-state index in [1.165, 1.54) is 7.11 Å². The molecule has 0 saturated carbocycles. The Morgan fingerprint density at radius 3 is 2.65 bits per heavy atom. The Labute approximate surface area is 153 Å². The Balaban J connectivity index is 1.72. The van der Waals surface area contributed by atoms with Crippen LogP contribution in [0.2, 0.25) is 0 Å². The topological polar surface area (TPSA) is 68.3 Å². The third-order valence-corrected chi connectivity index (χ3v) is 5.34. The van der Waals surface area contributed by atoms with Crippen molar-refractivity contribution in [1.29, 1.82) is 0 Å². The van der Waals surface area contributed by atoms with Gasteiger partial charge in [-0.2, -0.15) is 0 Å². The molecule has 2 amide bonds. The maximum atomic E-state index is 13.0. The molecule has 1 aromatic rings. The molecule has 2 saturated heterocycles. The maximum Gasteiger partial charge on any atom is 0.320 e.